The molecule has 100 valence electrons. The lowest BCUT2D eigenvalue weighted by Crippen LogP contribution is -2.33. The Kier molecular flexibility index (Phi) is 11.3. The van der Waals surface area contributed by atoms with Crippen LogP contribution in [0.3, 0.4) is 0 Å². The monoisotopic (exact) mass is 240 g/mol. The summed E-state index contributed by atoms with van der Waals surface area (Å²) in [6.45, 7) is 4.23. The fourth-order valence-corrected chi connectivity index (χ4v) is 0.797. The molecule has 0 fully saturated rings. The molecule has 6 heteroatoms. The van der Waals surface area contributed by atoms with Crippen molar-refractivity contribution >= 4 is 0 Å². The molecule has 6 N–H and O–H groups in total. The minimum atomic E-state index is -1.02. The Labute approximate surface area is 95.8 Å². The second-order valence-electron chi connectivity index (χ2n) is 3.70. The predicted molar refractivity (Wildman–Crippen MR) is 58.8 cm³/mol. The molecule has 0 aromatic rings. The Balaban J connectivity index is 0. The first-order valence-corrected chi connectivity index (χ1v) is 5.29. The summed E-state index contributed by atoms with van der Waals surface area (Å²) in [7, 11) is 0. The SMILES string of the molecule is CC(O)C(O)C(C)O.CCC(O)C(O)CO. The lowest BCUT2D eigenvalue weighted by molar-refractivity contribution is -0.0438. The van der Waals surface area contributed by atoms with Crippen LogP contribution in [0.4, 0.5) is 0 Å². The molecule has 0 bridgehead atoms. The fourth-order valence-electron chi connectivity index (χ4n) is 0.797. The van der Waals surface area contributed by atoms with Gasteiger partial charge >= 0.3 is 0 Å². The average Bonchev–Trinajstić information content (AvgIpc) is 2.26. The summed E-state index contributed by atoms with van der Waals surface area (Å²) in [6, 6.07) is 0. The molecule has 6 nitrogen and oxygen atoms in total. The van der Waals surface area contributed by atoms with E-state index in [1.165, 1.54) is 13.8 Å². The summed E-state index contributed by atoms with van der Waals surface area (Å²) in [5.41, 5.74) is 0. The van der Waals surface area contributed by atoms with E-state index >= 15 is 0 Å². The van der Waals surface area contributed by atoms with Crippen LogP contribution in [0.15, 0.2) is 0 Å². The molecular weight excluding hydrogens is 216 g/mol. The zero-order valence-corrected chi connectivity index (χ0v) is 9.98. The van der Waals surface area contributed by atoms with Gasteiger partial charge in [-0.3, -0.25) is 0 Å². The van der Waals surface area contributed by atoms with Crippen molar-refractivity contribution in [2.75, 3.05) is 6.61 Å². The molecule has 0 aromatic heterocycles. The Morgan fingerprint density at radius 2 is 1.19 bits per heavy atom. The van der Waals surface area contributed by atoms with Crippen LogP contribution in [0.1, 0.15) is 27.2 Å². The summed E-state index contributed by atoms with van der Waals surface area (Å²) in [5, 5.41) is 51.4. The van der Waals surface area contributed by atoms with Gasteiger partial charge in [0.1, 0.15) is 12.2 Å². The quantitative estimate of drug-likeness (QED) is 0.338. The molecular formula is C10H24O6. The number of rotatable bonds is 5. The third kappa shape index (κ3) is 9.02. The van der Waals surface area contributed by atoms with Gasteiger partial charge in [0.25, 0.3) is 0 Å². The molecule has 4 atom stereocenters. The number of hydrogen-bond acceptors (Lipinski definition) is 6. The minimum Gasteiger partial charge on any atom is -0.394 e. The largest absolute Gasteiger partial charge is 0.394 e. The standard InChI is InChI=1S/2C5H12O3/c1-3(6)5(8)4(2)7;1-2-4(7)5(8)3-6/h3-8H,1-2H3;4-8H,2-3H2,1H3. The first-order chi connectivity index (χ1) is 7.27. The lowest BCUT2D eigenvalue weighted by atomic mass is 10.1. The third-order valence-electron chi connectivity index (χ3n) is 2.04. The van der Waals surface area contributed by atoms with Gasteiger partial charge in [0.15, 0.2) is 0 Å². The summed E-state index contributed by atoms with van der Waals surface area (Å²) in [5.74, 6) is 0. The molecule has 0 aliphatic rings. The minimum absolute atomic E-state index is 0.366. The van der Waals surface area contributed by atoms with Gasteiger partial charge in [-0.25, -0.2) is 0 Å². The molecule has 0 spiro atoms. The number of hydrogen-bond donors (Lipinski definition) is 6. The van der Waals surface area contributed by atoms with Crippen molar-refractivity contribution < 1.29 is 30.6 Å². The molecule has 0 aliphatic heterocycles. The number of aliphatic hydroxyl groups excluding tert-OH is 6. The van der Waals surface area contributed by atoms with Gasteiger partial charge in [-0.1, -0.05) is 6.92 Å². The third-order valence-corrected chi connectivity index (χ3v) is 2.04. The first kappa shape index (κ1) is 18.1. The van der Waals surface area contributed by atoms with E-state index in [0.717, 1.165) is 0 Å². The van der Waals surface area contributed by atoms with Gasteiger partial charge in [0.05, 0.1) is 24.9 Å². The zero-order chi connectivity index (χ0) is 13.3. The topological polar surface area (TPSA) is 121 Å². The average molecular weight is 240 g/mol. The molecule has 0 radical (unpaired) electrons. The van der Waals surface area contributed by atoms with Crippen LogP contribution < -0.4 is 0 Å². The van der Waals surface area contributed by atoms with Crippen LogP contribution in [0.2, 0.25) is 0 Å². The second kappa shape index (κ2) is 9.95. The van der Waals surface area contributed by atoms with Gasteiger partial charge in [0, 0.05) is 0 Å². The molecule has 4 unspecified atom stereocenters. The van der Waals surface area contributed by atoms with Gasteiger partial charge in [-0.05, 0) is 20.3 Å². The highest BCUT2D eigenvalue weighted by Gasteiger charge is 2.15. The van der Waals surface area contributed by atoms with Crippen molar-refractivity contribution in [3.8, 4) is 0 Å². The molecule has 0 aliphatic carbocycles. The number of aliphatic hydroxyl groups is 6. The van der Waals surface area contributed by atoms with Crippen LogP contribution >= 0.6 is 0 Å². The van der Waals surface area contributed by atoms with E-state index in [-0.39, 0.29) is 6.61 Å². The summed E-state index contributed by atoms with van der Waals surface area (Å²) in [4.78, 5) is 0. The molecule has 16 heavy (non-hydrogen) atoms. The van der Waals surface area contributed by atoms with E-state index in [0.29, 0.717) is 6.42 Å². The molecule has 0 aromatic carbocycles. The highest BCUT2D eigenvalue weighted by atomic mass is 16.4. The van der Waals surface area contributed by atoms with Crippen LogP contribution in [0, 0.1) is 0 Å². The van der Waals surface area contributed by atoms with E-state index in [2.05, 4.69) is 0 Å². The van der Waals surface area contributed by atoms with Crippen LogP contribution in [0.5, 0.6) is 0 Å². The van der Waals surface area contributed by atoms with Crippen molar-refractivity contribution in [1.82, 2.24) is 0 Å². The highest BCUT2D eigenvalue weighted by molar-refractivity contribution is 4.66. The van der Waals surface area contributed by atoms with E-state index in [4.69, 9.17) is 30.6 Å². The summed E-state index contributed by atoms with van der Waals surface area (Å²) in [6.07, 6.45) is -4.00. The summed E-state index contributed by atoms with van der Waals surface area (Å²) >= 11 is 0. The predicted octanol–water partition coefficient (Wildman–Crippen LogP) is -1.78. The van der Waals surface area contributed by atoms with E-state index in [1.807, 2.05) is 0 Å². The van der Waals surface area contributed by atoms with Gasteiger partial charge in [0.2, 0.25) is 0 Å². The molecule has 0 heterocycles. The maximum absolute atomic E-state index is 8.72. The van der Waals surface area contributed by atoms with Crippen molar-refractivity contribution in [2.45, 2.75) is 57.7 Å². The van der Waals surface area contributed by atoms with Gasteiger partial charge in [-0.15, -0.1) is 0 Å². The normalized spacial score (nSPS) is 20.1. The van der Waals surface area contributed by atoms with Crippen molar-refractivity contribution in [3.63, 3.8) is 0 Å². The second-order valence-corrected chi connectivity index (χ2v) is 3.70. The molecule has 0 saturated carbocycles. The van der Waals surface area contributed by atoms with Crippen LogP contribution in [0.25, 0.3) is 0 Å². The van der Waals surface area contributed by atoms with Crippen molar-refractivity contribution in [2.24, 2.45) is 0 Å². The molecule has 0 saturated heterocycles. The molecule has 0 amide bonds. The Hall–Kier alpha value is -0.240. The Morgan fingerprint density at radius 3 is 1.25 bits per heavy atom. The van der Waals surface area contributed by atoms with Crippen LogP contribution in [-0.4, -0.2) is 67.8 Å². The fraction of sp³-hybridized carbons (Fsp3) is 1.00. The van der Waals surface area contributed by atoms with E-state index in [1.54, 1.807) is 6.92 Å². The van der Waals surface area contributed by atoms with Gasteiger partial charge < -0.3 is 30.6 Å². The Bertz CT molecular complexity index is 134. The van der Waals surface area contributed by atoms with Crippen molar-refractivity contribution in [1.29, 1.82) is 0 Å². The molecule has 0 rings (SSSR count). The maximum Gasteiger partial charge on any atom is 0.105 e. The van der Waals surface area contributed by atoms with E-state index in [9.17, 15) is 0 Å². The maximum atomic E-state index is 8.72. The smallest absolute Gasteiger partial charge is 0.105 e. The van der Waals surface area contributed by atoms with E-state index < -0.39 is 30.5 Å². The van der Waals surface area contributed by atoms with Gasteiger partial charge in [-0.2, -0.15) is 0 Å². The Morgan fingerprint density at radius 1 is 0.812 bits per heavy atom. The van der Waals surface area contributed by atoms with Crippen LogP contribution in [-0.2, 0) is 0 Å². The zero-order valence-electron chi connectivity index (χ0n) is 9.98. The highest BCUT2D eigenvalue weighted by Crippen LogP contribution is 1.96. The van der Waals surface area contributed by atoms with Crippen molar-refractivity contribution in [3.05, 3.63) is 0 Å². The first-order valence-electron chi connectivity index (χ1n) is 5.29. The summed E-state index contributed by atoms with van der Waals surface area (Å²) < 4.78 is 0. The lowest BCUT2D eigenvalue weighted by Gasteiger charge is -2.15.